The summed E-state index contributed by atoms with van der Waals surface area (Å²) in [5.41, 5.74) is 3.64. The molecule has 0 aromatic heterocycles. The van der Waals surface area contributed by atoms with E-state index in [4.69, 9.17) is 11.2 Å². The number of nitrogens with one attached hydrogen (secondary N) is 1. The van der Waals surface area contributed by atoms with Crippen LogP contribution in [0.4, 0.5) is 5.69 Å². The Morgan fingerprint density at radius 1 is 1.18 bits per heavy atom. The molecule has 0 spiro atoms. The average molecular weight is 423 g/mol. The van der Waals surface area contributed by atoms with Crippen LogP contribution in [0.15, 0.2) is 45.3 Å². The second-order valence-electron chi connectivity index (χ2n) is 4.75. The van der Waals surface area contributed by atoms with Gasteiger partial charge in [-0.05, 0) is 67.6 Å². The van der Waals surface area contributed by atoms with E-state index >= 15 is 0 Å². The molecule has 0 saturated carbocycles. The van der Waals surface area contributed by atoms with E-state index in [1.54, 1.807) is 0 Å². The van der Waals surface area contributed by atoms with Crippen LogP contribution in [0.25, 0.3) is 0 Å². The Hall–Kier alpha value is -1.44. The van der Waals surface area contributed by atoms with Gasteiger partial charge in [-0.3, -0.25) is 0 Å². The minimum Gasteiger partial charge on any atom is -0.479 e. The molecule has 4 heteroatoms. The molecule has 0 aliphatic carbocycles. The normalized spacial score (nSPS) is 10.1. The number of rotatable bonds is 6. The molecule has 1 N–H and O–H groups in total. The summed E-state index contributed by atoms with van der Waals surface area (Å²) in [7, 11) is 0. The monoisotopic (exact) mass is 421 g/mol. The summed E-state index contributed by atoms with van der Waals surface area (Å²) >= 11 is 7.06. The van der Waals surface area contributed by atoms with Crippen molar-refractivity contribution in [2.45, 2.75) is 19.9 Å². The van der Waals surface area contributed by atoms with Crippen LogP contribution in [0.3, 0.4) is 0 Å². The van der Waals surface area contributed by atoms with Gasteiger partial charge in [0.2, 0.25) is 0 Å². The summed E-state index contributed by atoms with van der Waals surface area (Å²) < 4.78 is 7.29. The molecule has 0 bridgehead atoms. The first kappa shape index (κ1) is 16.9. The predicted octanol–water partition coefficient (Wildman–Crippen LogP) is 5.40. The molecule has 114 valence electrons. The molecular formula is C18H17Br2NO. The quantitative estimate of drug-likeness (QED) is 0.629. The lowest BCUT2D eigenvalue weighted by atomic mass is 10.1. The molecule has 0 amide bonds. The topological polar surface area (TPSA) is 21.3 Å². The van der Waals surface area contributed by atoms with Crippen LogP contribution in [-0.2, 0) is 13.0 Å². The van der Waals surface area contributed by atoms with Gasteiger partial charge in [-0.25, -0.2) is 0 Å². The molecule has 0 aliphatic heterocycles. The fraction of sp³-hybridized carbons (Fsp3) is 0.222. The van der Waals surface area contributed by atoms with Crippen molar-refractivity contribution in [3.8, 4) is 18.1 Å². The van der Waals surface area contributed by atoms with Crippen molar-refractivity contribution in [1.82, 2.24) is 0 Å². The van der Waals surface area contributed by atoms with Gasteiger partial charge in [-0.15, -0.1) is 6.42 Å². The Morgan fingerprint density at radius 3 is 2.50 bits per heavy atom. The number of terminal acetylenes is 1. The molecule has 0 aliphatic rings. The van der Waals surface area contributed by atoms with E-state index in [0.717, 1.165) is 33.2 Å². The average Bonchev–Trinajstić information content (AvgIpc) is 2.52. The molecule has 0 saturated heterocycles. The van der Waals surface area contributed by atoms with Crippen molar-refractivity contribution in [2.24, 2.45) is 0 Å². The Bertz CT molecular complexity index is 669. The van der Waals surface area contributed by atoms with E-state index in [9.17, 15) is 0 Å². The summed E-state index contributed by atoms with van der Waals surface area (Å²) in [5, 5.41) is 3.48. The van der Waals surface area contributed by atoms with Crippen molar-refractivity contribution in [2.75, 3.05) is 11.9 Å². The molecule has 2 aromatic rings. The highest BCUT2D eigenvalue weighted by Gasteiger charge is 2.09. The Morgan fingerprint density at radius 2 is 1.86 bits per heavy atom. The standard InChI is InChI=1S/C18H17Br2NO/c1-3-9-22-18-15(19)10-13(11-16(18)20)12-21-17-8-6-5-7-14(17)4-2/h1,5-8,10-11,21H,4,9,12H2,2H3. The Kier molecular flexibility index (Phi) is 6.35. The van der Waals surface area contributed by atoms with Crippen LogP contribution in [0.5, 0.6) is 5.75 Å². The summed E-state index contributed by atoms with van der Waals surface area (Å²) in [5.74, 6) is 3.20. The van der Waals surface area contributed by atoms with Crippen molar-refractivity contribution in [3.05, 3.63) is 56.5 Å². The van der Waals surface area contributed by atoms with Gasteiger partial charge in [0.1, 0.15) is 12.4 Å². The highest BCUT2D eigenvalue weighted by molar-refractivity contribution is 9.11. The third kappa shape index (κ3) is 4.28. The maximum Gasteiger partial charge on any atom is 0.149 e. The van der Waals surface area contributed by atoms with Crippen LogP contribution >= 0.6 is 31.9 Å². The summed E-state index contributed by atoms with van der Waals surface area (Å²) in [4.78, 5) is 0. The van der Waals surface area contributed by atoms with E-state index < -0.39 is 0 Å². The first-order valence-electron chi connectivity index (χ1n) is 7.01. The highest BCUT2D eigenvalue weighted by atomic mass is 79.9. The number of hydrogen-bond acceptors (Lipinski definition) is 2. The van der Waals surface area contributed by atoms with Crippen molar-refractivity contribution < 1.29 is 4.74 Å². The summed E-state index contributed by atoms with van der Waals surface area (Å²) in [6, 6.07) is 12.4. The first-order valence-corrected chi connectivity index (χ1v) is 8.60. The number of para-hydroxylation sites is 1. The van der Waals surface area contributed by atoms with Gasteiger partial charge in [-0.1, -0.05) is 31.0 Å². The smallest absolute Gasteiger partial charge is 0.149 e. The van der Waals surface area contributed by atoms with Crippen LogP contribution in [0.2, 0.25) is 0 Å². The second kappa shape index (κ2) is 8.26. The fourth-order valence-electron chi connectivity index (χ4n) is 2.16. The molecule has 2 rings (SSSR count). The van der Waals surface area contributed by atoms with Gasteiger partial charge in [0.15, 0.2) is 0 Å². The second-order valence-corrected chi connectivity index (χ2v) is 6.45. The molecule has 0 heterocycles. The number of ether oxygens (including phenoxy) is 1. The lowest BCUT2D eigenvalue weighted by Crippen LogP contribution is -2.03. The fourth-order valence-corrected chi connectivity index (χ4v) is 3.67. The lowest BCUT2D eigenvalue weighted by Gasteiger charge is -2.13. The minimum absolute atomic E-state index is 0.249. The van der Waals surface area contributed by atoms with Crippen LogP contribution < -0.4 is 10.1 Å². The summed E-state index contributed by atoms with van der Waals surface area (Å²) in [6.07, 6.45) is 6.24. The molecule has 0 radical (unpaired) electrons. The number of benzene rings is 2. The molecule has 2 aromatic carbocycles. The van der Waals surface area contributed by atoms with Gasteiger partial charge in [0.25, 0.3) is 0 Å². The number of hydrogen-bond donors (Lipinski definition) is 1. The Labute approximate surface area is 148 Å². The molecule has 0 atom stereocenters. The van der Waals surface area contributed by atoms with Crippen LogP contribution in [0.1, 0.15) is 18.1 Å². The van der Waals surface area contributed by atoms with E-state index in [-0.39, 0.29) is 6.61 Å². The largest absolute Gasteiger partial charge is 0.479 e. The van der Waals surface area contributed by atoms with E-state index in [1.165, 1.54) is 11.3 Å². The molecule has 2 nitrogen and oxygen atoms in total. The van der Waals surface area contributed by atoms with E-state index in [1.807, 2.05) is 18.2 Å². The van der Waals surface area contributed by atoms with Crippen LogP contribution in [-0.4, -0.2) is 6.61 Å². The minimum atomic E-state index is 0.249. The number of aryl methyl sites for hydroxylation is 1. The molecule has 22 heavy (non-hydrogen) atoms. The molecular weight excluding hydrogens is 406 g/mol. The van der Waals surface area contributed by atoms with Crippen molar-refractivity contribution >= 4 is 37.5 Å². The molecule has 0 unspecified atom stereocenters. The SMILES string of the molecule is C#CCOc1c(Br)cc(CNc2ccccc2CC)cc1Br. The van der Waals surface area contributed by atoms with Crippen molar-refractivity contribution in [3.63, 3.8) is 0 Å². The number of halogens is 2. The lowest BCUT2D eigenvalue weighted by molar-refractivity contribution is 0.365. The van der Waals surface area contributed by atoms with E-state index in [2.05, 4.69) is 68.2 Å². The third-order valence-electron chi connectivity index (χ3n) is 3.24. The van der Waals surface area contributed by atoms with Gasteiger partial charge in [0, 0.05) is 12.2 Å². The predicted molar refractivity (Wildman–Crippen MR) is 99.3 cm³/mol. The zero-order chi connectivity index (χ0) is 15.9. The van der Waals surface area contributed by atoms with Gasteiger partial charge < -0.3 is 10.1 Å². The third-order valence-corrected chi connectivity index (χ3v) is 4.42. The zero-order valence-corrected chi connectivity index (χ0v) is 15.5. The maximum atomic E-state index is 5.52. The van der Waals surface area contributed by atoms with E-state index in [0.29, 0.717) is 0 Å². The maximum absolute atomic E-state index is 5.52. The Balaban J connectivity index is 2.12. The number of anilines is 1. The zero-order valence-electron chi connectivity index (χ0n) is 12.3. The van der Waals surface area contributed by atoms with Gasteiger partial charge in [0.05, 0.1) is 8.95 Å². The molecule has 0 fully saturated rings. The van der Waals surface area contributed by atoms with Crippen molar-refractivity contribution in [1.29, 1.82) is 0 Å². The van der Waals surface area contributed by atoms with Crippen LogP contribution in [0, 0.1) is 12.3 Å². The highest BCUT2D eigenvalue weighted by Crippen LogP contribution is 2.35. The first-order chi connectivity index (χ1) is 10.7. The van der Waals surface area contributed by atoms with Gasteiger partial charge >= 0.3 is 0 Å². The summed E-state index contributed by atoms with van der Waals surface area (Å²) in [6.45, 7) is 3.15. The van der Waals surface area contributed by atoms with Gasteiger partial charge in [-0.2, -0.15) is 0 Å².